The third kappa shape index (κ3) is 1.61. The van der Waals surface area contributed by atoms with Crippen LogP contribution in [0.15, 0.2) is 18.2 Å². The molecule has 0 aliphatic heterocycles. The van der Waals surface area contributed by atoms with Crippen LogP contribution in [0.4, 0.5) is 4.39 Å². The summed E-state index contributed by atoms with van der Waals surface area (Å²) in [6, 6.07) is 4.00. The van der Waals surface area contributed by atoms with Crippen molar-refractivity contribution in [2.45, 2.75) is 0 Å². The number of hydrogen-bond donors (Lipinski definition) is 1. The van der Waals surface area contributed by atoms with Crippen LogP contribution >= 0.6 is 11.6 Å². The van der Waals surface area contributed by atoms with Gasteiger partial charge in [-0.2, -0.15) is 0 Å². The van der Waals surface area contributed by atoms with Crippen molar-refractivity contribution >= 4 is 28.5 Å². The van der Waals surface area contributed by atoms with Crippen LogP contribution in [-0.4, -0.2) is 21.0 Å². The summed E-state index contributed by atoms with van der Waals surface area (Å²) in [6.07, 6.45) is 0. The topological polar surface area (TPSA) is 63.1 Å². The lowest BCUT2D eigenvalue weighted by molar-refractivity contribution is 0.0692. The minimum absolute atomic E-state index is 0.0881. The molecule has 1 aromatic carbocycles. The van der Waals surface area contributed by atoms with E-state index < -0.39 is 11.8 Å². The molecule has 0 unspecified atom stereocenters. The van der Waals surface area contributed by atoms with Gasteiger partial charge in [0, 0.05) is 5.39 Å². The number of carboxylic acid groups (broad SMARTS) is 1. The number of fused-ring (bicyclic) bond motifs is 1. The number of nitrogens with zero attached hydrogens (tertiary/aromatic N) is 2. The predicted octanol–water partition coefficient (Wildman–Crippen LogP) is 2.12. The Balaban J connectivity index is 2.92. The zero-order chi connectivity index (χ0) is 11.0. The first kappa shape index (κ1) is 9.79. The Morgan fingerprint density at radius 1 is 1.40 bits per heavy atom. The fraction of sp³-hybridized carbons (Fsp3) is 0. The summed E-state index contributed by atoms with van der Waals surface area (Å²) in [7, 11) is 0. The molecule has 2 rings (SSSR count). The Kier molecular flexibility index (Phi) is 2.24. The standard InChI is InChI=1S/C9H4ClFN2O2/c10-9-12-6-4(2-1-3-5(6)11)7(13-9)8(14)15/h1-3H,(H,14,15). The van der Waals surface area contributed by atoms with Gasteiger partial charge in [0.1, 0.15) is 11.3 Å². The molecule has 1 aromatic heterocycles. The highest BCUT2D eigenvalue weighted by atomic mass is 35.5. The van der Waals surface area contributed by atoms with Crippen molar-refractivity contribution in [3.63, 3.8) is 0 Å². The van der Waals surface area contributed by atoms with E-state index in [2.05, 4.69) is 9.97 Å². The van der Waals surface area contributed by atoms with Crippen molar-refractivity contribution < 1.29 is 14.3 Å². The van der Waals surface area contributed by atoms with E-state index in [1.165, 1.54) is 18.2 Å². The molecule has 0 saturated heterocycles. The van der Waals surface area contributed by atoms with Crippen LogP contribution < -0.4 is 0 Å². The molecular weight excluding hydrogens is 223 g/mol. The minimum atomic E-state index is -1.27. The van der Waals surface area contributed by atoms with Crippen molar-refractivity contribution in [2.75, 3.05) is 0 Å². The smallest absolute Gasteiger partial charge is 0.355 e. The zero-order valence-corrected chi connectivity index (χ0v) is 7.99. The largest absolute Gasteiger partial charge is 0.476 e. The molecule has 0 fully saturated rings. The van der Waals surface area contributed by atoms with Gasteiger partial charge in [-0.05, 0) is 17.7 Å². The Labute approximate surface area is 88.3 Å². The van der Waals surface area contributed by atoms with E-state index in [0.29, 0.717) is 0 Å². The first-order chi connectivity index (χ1) is 7.09. The number of halogens is 2. The zero-order valence-electron chi connectivity index (χ0n) is 7.24. The van der Waals surface area contributed by atoms with E-state index in [9.17, 15) is 9.18 Å². The highest BCUT2D eigenvalue weighted by Crippen LogP contribution is 2.20. The van der Waals surface area contributed by atoms with Crippen molar-refractivity contribution in [1.29, 1.82) is 0 Å². The molecule has 0 atom stereocenters. The molecule has 76 valence electrons. The summed E-state index contributed by atoms with van der Waals surface area (Å²) in [5, 5.41) is 8.67. The molecule has 0 saturated carbocycles. The maximum absolute atomic E-state index is 13.3. The fourth-order valence-electron chi connectivity index (χ4n) is 1.25. The Morgan fingerprint density at radius 3 is 2.80 bits per heavy atom. The summed E-state index contributed by atoms with van der Waals surface area (Å²) in [6.45, 7) is 0. The fourth-order valence-corrected chi connectivity index (χ4v) is 1.42. The molecule has 2 aromatic rings. The lowest BCUT2D eigenvalue weighted by atomic mass is 10.2. The molecular formula is C9H4ClFN2O2. The van der Waals surface area contributed by atoms with Crippen LogP contribution in [0.3, 0.4) is 0 Å². The molecule has 1 N–H and O–H groups in total. The van der Waals surface area contributed by atoms with E-state index in [1.807, 2.05) is 0 Å². The molecule has 0 aliphatic rings. The van der Waals surface area contributed by atoms with Crippen molar-refractivity contribution in [1.82, 2.24) is 9.97 Å². The maximum Gasteiger partial charge on any atom is 0.355 e. The van der Waals surface area contributed by atoms with E-state index in [-0.39, 0.29) is 21.9 Å². The molecule has 1 heterocycles. The van der Waals surface area contributed by atoms with Gasteiger partial charge in [0.25, 0.3) is 0 Å². The van der Waals surface area contributed by atoms with Crippen LogP contribution in [0.1, 0.15) is 10.5 Å². The average molecular weight is 227 g/mol. The van der Waals surface area contributed by atoms with Gasteiger partial charge in [-0.3, -0.25) is 0 Å². The van der Waals surface area contributed by atoms with Gasteiger partial charge >= 0.3 is 5.97 Å². The average Bonchev–Trinajstić information content (AvgIpc) is 2.18. The van der Waals surface area contributed by atoms with Gasteiger partial charge in [-0.1, -0.05) is 12.1 Å². The first-order valence-corrected chi connectivity index (χ1v) is 4.32. The van der Waals surface area contributed by atoms with Crippen LogP contribution in [-0.2, 0) is 0 Å². The number of benzene rings is 1. The molecule has 4 nitrogen and oxygen atoms in total. The summed E-state index contributed by atoms with van der Waals surface area (Å²) in [5.41, 5.74) is -0.389. The van der Waals surface area contributed by atoms with Gasteiger partial charge in [-0.15, -0.1) is 0 Å². The number of hydrogen-bond acceptors (Lipinski definition) is 3. The predicted molar refractivity (Wildman–Crippen MR) is 51.5 cm³/mol. The summed E-state index contributed by atoms with van der Waals surface area (Å²) in [4.78, 5) is 18.0. The van der Waals surface area contributed by atoms with Gasteiger partial charge in [0.2, 0.25) is 5.28 Å². The van der Waals surface area contributed by atoms with Crippen LogP contribution in [0.2, 0.25) is 5.28 Å². The highest BCUT2D eigenvalue weighted by Gasteiger charge is 2.14. The Morgan fingerprint density at radius 2 is 2.13 bits per heavy atom. The maximum atomic E-state index is 13.3. The van der Waals surface area contributed by atoms with E-state index >= 15 is 0 Å². The molecule has 15 heavy (non-hydrogen) atoms. The number of carbonyl (C=O) groups is 1. The number of carboxylic acids is 1. The summed E-state index contributed by atoms with van der Waals surface area (Å²) in [5.74, 6) is -1.89. The lowest BCUT2D eigenvalue weighted by Gasteiger charge is -2.02. The van der Waals surface area contributed by atoms with E-state index in [1.54, 1.807) is 0 Å². The second kappa shape index (κ2) is 3.43. The van der Waals surface area contributed by atoms with E-state index in [0.717, 1.165) is 0 Å². The molecule has 0 bridgehead atoms. The molecule has 0 radical (unpaired) electrons. The third-order valence-corrected chi connectivity index (χ3v) is 2.02. The van der Waals surface area contributed by atoms with Crippen LogP contribution in [0.25, 0.3) is 10.9 Å². The number of rotatable bonds is 1. The van der Waals surface area contributed by atoms with E-state index in [4.69, 9.17) is 16.7 Å². The van der Waals surface area contributed by atoms with Crippen molar-refractivity contribution in [2.24, 2.45) is 0 Å². The van der Waals surface area contributed by atoms with Crippen LogP contribution in [0, 0.1) is 5.82 Å². The Hall–Kier alpha value is -1.75. The monoisotopic (exact) mass is 226 g/mol. The normalized spacial score (nSPS) is 10.5. The molecule has 6 heteroatoms. The SMILES string of the molecule is O=C(O)c1nc(Cl)nc2c(F)cccc12. The second-order valence-electron chi connectivity index (χ2n) is 2.78. The number of aromatic nitrogens is 2. The quantitative estimate of drug-likeness (QED) is 0.757. The Bertz CT molecular complexity index is 559. The number of para-hydroxylation sites is 1. The first-order valence-electron chi connectivity index (χ1n) is 3.94. The molecule has 0 amide bonds. The van der Waals surface area contributed by atoms with Gasteiger partial charge in [0.15, 0.2) is 5.69 Å². The third-order valence-electron chi connectivity index (χ3n) is 1.85. The van der Waals surface area contributed by atoms with Gasteiger partial charge in [0.05, 0.1) is 0 Å². The molecule has 0 spiro atoms. The highest BCUT2D eigenvalue weighted by molar-refractivity contribution is 6.29. The summed E-state index contributed by atoms with van der Waals surface area (Å²) >= 11 is 5.49. The molecule has 0 aliphatic carbocycles. The van der Waals surface area contributed by atoms with Gasteiger partial charge < -0.3 is 5.11 Å². The van der Waals surface area contributed by atoms with Crippen molar-refractivity contribution in [3.8, 4) is 0 Å². The lowest BCUT2D eigenvalue weighted by Crippen LogP contribution is -2.03. The number of aromatic carboxylic acids is 1. The minimum Gasteiger partial charge on any atom is -0.476 e. The summed E-state index contributed by atoms with van der Waals surface area (Å²) < 4.78 is 13.3. The van der Waals surface area contributed by atoms with Crippen molar-refractivity contribution in [3.05, 3.63) is 35.0 Å². The van der Waals surface area contributed by atoms with Gasteiger partial charge in [-0.25, -0.2) is 19.2 Å². The van der Waals surface area contributed by atoms with Crippen LogP contribution in [0.5, 0.6) is 0 Å². The second-order valence-corrected chi connectivity index (χ2v) is 3.12.